The van der Waals surface area contributed by atoms with Crippen LogP contribution in [0.25, 0.3) is 11.2 Å². The van der Waals surface area contributed by atoms with Gasteiger partial charge in [-0.2, -0.15) is 0 Å². The van der Waals surface area contributed by atoms with Crippen molar-refractivity contribution in [2.45, 2.75) is 61.7 Å². The summed E-state index contributed by atoms with van der Waals surface area (Å²) < 4.78 is 14.0. The average Bonchev–Trinajstić information content (AvgIpc) is 3.67. The first-order valence-electron chi connectivity index (χ1n) is 13.2. The first-order chi connectivity index (χ1) is 18.9. The van der Waals surface area contributed by atoms with Crippen molar-refractivity contribution in [1.82, 2.24) is 29.3 Å². The summed E-state index contributed by atoms with van der Waals surface area (Å²) >= 11 is 5.15. The number of carbonyl (C=O) groups is 2. The van der Waals surface area contributed by atoms with Gasteiger partial charge in [0.05, 0.1) is 0 Å². The third-order valence-corrected chi connectivity index (χ3v) is 9.75. The van der Waals surface area contributed by atoms with E-state index in [1.807, 2.05) is 17.0 Å². The molecule has 6 rings (SSSR count). The van der Waals surface area contributed by atoms with Crippen molar-refractivity contribution < 1.29 is 19.1 Å². The molecule has 2 aromatic heterocycles. The normalized spacial score (nSPS) is 19.3. The molecular formula is C26H30BrN7O4S. The zero-order valence-electron chi connectivity index (χ0n) is 21.6. The molecule has 0 unspecified atom stereocenters. The van der Waals surface area contributed by atoms with Crippen molar-refractivity contribution in [1.29, 1.82) is 0 Å². The van der Waals surface area contributed by atoms with Crippen LogP contribution in [0.1, 0.15) is 39.0 Å². The summed E-state index contributed by atoms with van der Waals surface area (Å²) in [6.07, 6.45) is 5.91. The Hall–Kier alpha value is -3.06. The molecule has 0 saturated carbocycles. The number of aromatic nitrogens is 4. The third kappa shape index (κ3) is 5.13. The molecule has 206 valence electrons. The second-order valence-corrected chi connectivity index (χ2v) is 12.0. The molecule has 0 bridgehead atoms. The van der Waals surface area contributed by atoms with Crippen LogP contribution < -0.4 is 15.2 Å². The number of nitrogen functional groups attached to an aromatic ring is 1. The number of imidazole rings is 1. The Kier molecular flexibility index (Phi) is 7.27. The molecule has 3 aliphatic heterocycles. The number of likely N-dealkylation sites (tertiary alicyclic amines) is 2. The van der Waals surface area contributed by atoms with Crippen molar-refractivity contribution in [2.75, 3.05) is 32.2 Å². The SMILES string of the molecule is CC(=O)N1CCC[C@@H]1C(=O)N1CCC(CCn2c(Sc3cc4c(cc3Br)OCO4)nc3c(N)ncnc32)CC1. The number of hydrogen-bond acceptors (Lipinski definition) is 9. The van der Waals surface area contributed by atoms with Crippen molar-refractivity contribution >= 4 is 56.5 Å². The van der Waals surface area contributed by atoms with Gasteiger partial charge in [-0.3, -0.25) is 9.59 Å². The van der Waals surface area contributed by atoms with E-state index < -0.39 is 0 Å². The summed E-state index contributed by atoms with van der Waals surface area (Å²) in [6.45, 7) is 4.60. The number of carbonyl (C=O) groups excluding carboxylic acids is 2. The van der Waals surface area contributed by atoms with Gasteiger partial charge < -0.3 is 29.6 Å². The molecular weight excluding hydrogens is 586 g/mol. The summed E-state index contributed by atoms with van der Waals surface area (Å²) in [5.74, 6) is 2.31. The third-order valence-electron chi connectivity index (χ3n) is 7.78. The van der Waals surface area contributed by atoms with E-state index in [1.165, 1.54) is 18.1 Å². The number of benzene rings is 1. The van der Waals surface area contributed by atoms with E-state index in [2.05, 4.69) is 30.5 Å². The number of piperidine rings is 1. The molecule has 2 amide bonds. The predicted octanol–water partition coefficient (Wildman–Crippen LogP) is 3.69. The van der Waals surface area contributed by atoms with Gasteiger partial charge in [-0.05, 0) is 66.1 Å². The molecule has 39 heavy (non-hydrogen) atoms. The fourth-order valence-corrected chi connectivity index (χ4v) is 7.16. The summed E-state index contributed by atoms with van der Waals surface area (Å²) in [5.41, 5.74) is 7.45. The molecule has 0 spiro atoms. The fourth-order valence-electron chi connectivity index (χ4n) is 5.65. The lowest BCUT2D eigenvalue weighted by atomic mass is 9.93. The minimum absolute atomic E-state index is 0.0146. The molecule has 1 atom stereocenters. The van der Waals surface area contributed by atoms with E-state index in [9.17, 15) is 9.59 Å². The first-order valence-corrected chi connectivity index (χ1v) is 14.8. The van der Waals surface area contributed by atoms with Crippen LogP contribution in [0.15, 0.2) is 33.0 Å². The van der Waals surface area contributed by atoms with Gasteiger partial charge in [0.25, 0.3) is 0 Å². The molecule has 13 heteroatoms. The lowest BCUT2D eigenvalue weighted by Crippen LogP contribution is -2.49. The van der Waals surface area contributed by atoms with E-state index in [-0.39, 0.29) is 24.6 Å². The summed E-state index contributed by atoms with van der Waals surface area (Å²) in [6, 6.07) is 3.55. The highest BCUT2D eigenvalue weighted by atomic mass is 79.9. The van der Waals surface area contributed by atoms with Crippen LogP contribution in [0, 0.1) is 5.92 Å². The summed E-state index contributed by atoms with van der Waals surface area (Å²) in [4.78, 5) is 43.1. The molecule has 2 fully saturated rings. The van der Waals surface area contributed by atoms with Gasteiger partial charge in [0.15, 0.2) is 33.6 Å². The Morgan fingerprint density at radius 1 is 1.13 bits per heavy atom. The van der Waals surface area contributed by atoms with Gasteiger partial charge in [-0.1, -0.05) is 11.8 Å². The Morgan fingerprint density at radius 2 is 1.90 bits per heavy atom. The second-order valence-electron chi connectivity index (χ2n) is 10.1. The van der Waals surface area contributed by atoms with Gasteiger partial charge in [0.2, 0.25) is 18.6 Å². The largest absolute Gasteiger partial charge is 0.454 e. The van der Waals surface area contributed by atoms with Crippen molar-refractivity contribution in [2.24, 2.45) is 5.92 Å². The number of ether oxygens (including phenoxy) is 2. The number of aryl methyl sites for hydroxylation is 1. The van der Waals surface area contributed by atoms with Crippen molar-refractivity contribution in [3.8, 4) is 11.5 Å². The maximum absolute atomic E-state index is 13.1. The van der Waals surface area contributed by atoms with Crippen LogP contribution in [-0.2, 0) is 16.1 Å². The quantitative estimate of drug-likeness (QED) is 0.441. The van der Waals surface area contributed by atoms with Gasteiger partial charge in [0.1, 0.15) is 12.4 Å². The number of halogens is 1. The summed E-state index contributed by atoms with van der Waals surface area (Å²) in [5, 5.41) is 0.773. The molecule has 1 aromatic carbocycles. The monoisotopic (exact) mass is 615 g/mol. The number of hydrogen-bond donors (Lipinski definition) is 1. The van der Waals surface area contributed by atoms with Crippen LogP contribution in [0.3, 0.4) is 0 Å². The van der Waals surface area contributed by atoms with Gasteiger partial charge in [0, 0.05) is 42.5 Å². The van der Waals surface area contributed by atoms with E-state index in [0.717, 1.165) is 66.3 Å². The lowest BCUT2D eigenvalue weighted by Gasteiger charge is -2.35. The number of nitrogens with zero attached hydrogens (tertiary/aromatic N) is 6. The number of rotatable bonds is 6. The maximum atomic E-state index is 13.1. The Bertz CT molecular complexity index is 1430. The van der Waals surface area contributed by atoms with Crippen LogP contribution in [0.2, 0.25) is 0 Å². The maximum Gasteiger partial charge on any atom is 0.245 e. The molecule has 2 N–H and O–H groups in total. The topological polar surface area (TPSA) is 129 Å². The van der Waals surface area contributed by atoms with E-state index in [4.69, 9.17) is 20.2 Å². The minimum atomic E-state index is -0.295. The Labute approximate surface area is 238 Å². The molecule has 0 aliphatic carbocycles. The first kappa shape index (κ1) is 26.2. The lowest BCUT2D eigenvalue weighted by molar-refractivity contribution is -0.143. The van der Waals surface area contributed by atoms with Gasteiger partial charge in [-0.15, -0.1) is 0 Å². The second kappa shape index (κ2) is 10.8. The standard InChI is InChI=1S/C26H30BrN7O4S/c1-15(35)33-7-2-3-18(33)25(36)32-8-4-16(5-9-32)6-10-34-24-22(23(28)29-13-30-24)31-26(34)39-21-12-20-19(11-17(21)27)37-14-38-20/h11-13,16,18H,2-10,14H2,1H3,(H2,28,29,30)/t18-/m1/s1. The predicted molar refractivity (Wildman–Crippen MR) is 148 cm³/mol. The van der Waals surface area contributed by atoms with Crippen molar-refractivity contribution in [3.05, 3.63) is 22.9 Å². The highest BCUT2D eigenvalue weighted by Gasteiger charge is 2.36. The van der Waals surface area contributed by atoms with Gasteiger partial charge in [-0.25, -0.2) is 15.0 Å². The Morgan fingerprint density at radius 3 is 2.67 bits per heavy atom. The Balaban J connectivity index is 1.15. The zero-order valence-corrected chi connectivity index (χ0v) is 24.0. The highest BCUT2D eigenvalue weighted by Crippen LogP contribution is 2.43. The molecule has 11 nitrogen and oxygen atoms in total. The molecule has 2 saturated heterocycles. The average molecular weight is 617 g/mol. The van der Waals surface area contributed by atoms with E-state index in [1.54, 1.807) is 11.8 Å². The molecule has 3 aliphatic rings. The van der Waals surface area contributed by atoms with Crippen LogP contribution >= 0.6 is 27.7 Å². The van der Waals surface area contributed by atoms with Crippen LogP contribution in [-0.4, -0.2) is 73.6 Å². The van der Waals surface area contributed by atoms with Crippen LogP contribution in [0.4, 0.5) is 5.82 Å². The number of fused-ring (bicyclic) bond motifs is 2. The summed E-state index contributed by atoms with van der Waals surface area (Å²) in [7, 11) is 0. The van der Waals surface area contributed by atoms with E-state index in [0.29, 0.717) is 40.9 Å². The molecule has 0 radical (unpaired) electrons. The number of amides is 2. The van der Waals surface area contributed by atoms with Crippen LogP contribution in [0.5, 0.6) is 11.5 Å². The fraction of sp³-hybridized carbons (Fsp3) is 0.500. The van der Waals surface area contributed by atoms with Crippen molar-refractivity contribution in [3.63, 3.8) is 0 Å². The number of nitrogens with two attached hydrogens (primary N) is 1. The number of anilines is 1. The highest BCUT2D eigenvalue weighted by molar-refractivity contribution is 9.10. The molecule has 3 aromatic rings. The minimum Gasteiger partial charge on any atom is -0.454 e. The van der Waals surface area contributed by atoms with Gasteiger partial charge >= 0.3 is 0 Å². The zero-order chi connectivity index (χ0) is 27.1. The molecule has 5 heterocycles. The van der Waals surface area contributed by atoms with E-state index >= 15 is 0 Å². The smallest absolute Gasteiger partial charge is 0.245 e.